The Morgan fingerprint density at radius 3 is 2.79 bits per heavy atom. The minimum atomic E-state index is -0.476. The number of carbonyl (C=O) groups is 2. The van der Waals surface area contributed by atoms with E-state index in [-0.39, 0.29) is 5.91 Å². The maximum absolute atomic E-state index is 12.4. The van der Waals surface area contributed by atoms with Gasteiger partial charge in [-0.1, -0.05) is 36.4 Å². The summed E-state index contributed by atoms with van der Waals surface area (Å²) in [5.41, 5.74) is 2.88. The Bertz CT molecular complexity index is 1180. The second kappa shape index (κ2) is 7.52. The fourth-order valence-corrected chi connectivity index (χ4v) is 3.31. The van der Waals surface area contributed by atoms with Gasteiger partial charge in [-0.15, -0.1) is 0 Å². The summed E-state index contributed by atoms with van der Waals surface area (Å²) in [5.74, 6) is -0.627. The van der Waals surface area contributed by atoms with E-state index in [1.807, 2.05) is 24.4 Å². The van der Waals surface area contributed by atoms with Gasteiger partial charge in [0.1, 0.15) is 0 Å². The van der Waals surface area contributed by atoms with Crippen LogP contribution < -0.4 is 5.32 Å². The van der Waals surface area contributed by atoms with Crippen LogP contribution in [0.25, 0.3) is 21.7 Å². The lowest BCUT2D eigenvalue weighted by atomic mass is 10.0. The summed E-state index contributed by atoms with van der Waals surface area (Å²) in [6.07, 6.45) is 2.74. The number of methoxy groups -OCH3 is 1. The summed E-state index contributed by atoms with van der Waals surface area (Å²) < 4.78 is 4.76. The number of anilines is 1. The Balaban J connectivity index is 1.46. The summed E-state index contributed by atoms with van der Waals surface area (Å²) in [7, 11) is 1.32. The topological polar surface area (TPSA) is 84.1 Å². The standard InChI is InChI=1S/C22H19N3O3/c1-28-22(27)17-4-2-3-5-19(17)24-21(26)11-7-14-6-9-16-15(12-14)8-10-20-18(16)13-23-25-20/h2-6,8-10,12-13H,7,11H2,1H3,(H,23,25)(H,24,26). The highest BCUT2D eigenvalue weighted by atomic mass is 16.5. The third kappa shape index (κ3) is 3.44. The largest absolute Gasteiger partial charge is 0.465 e. The monoisotopic (exact) mass is 373 g/mol. The lowest BCUT2D eigenvalue weighted by Crippen LogP contribution is -2.15. The Labute approximate surface area is 161 Å². The fraction of sp³-hybridized carbons (Fsp3) is 0.136. The van der Waals surface area contributed by atoms with Gasteiger partial charge in [0.05, 0.1) is 30.1 Å². The number of esters is 1. The van der Waals surface area contributed by atoms with Gasteiger partial charge in [0.25, 0.3) is 0 Å². The number of aromatic amines is 1. The second-order valence-corrected chi connectivity index (χ2v) is 6.54. The van der Waals surface area contributed by atoms with Gasteiger partial charge in [-0.2, -0.15) is 5.10 Å². The molecule has 0 fully saturated rings. The molecule has 1 amide bonds. The van der Waals surface area contributed by atoms with Gasteiger partial charge in [-0.25, -0.2) is 4.79 Å². The van der Waals surface area contributed by atoms with E-state index in [2.05, 4.69) is 27.6 Å². The van der Waals surface area contributed by atoms with Crippen molar-refractivity contribution in [2.75, 3.05) is 12.4 Å². The van der Waals surface area contributed by atoms with Crippen LogP contribution in [0, 0.1) is 0 Å². The molecule has 0 unspecified atom stereocenters. The number of aryl methyl sites for hydroxylation is 1. The lowest BCUT2D eigenvalue weighted by Gasteiger charge is -2.10. The number of para-hydroxylation sites is 1. The first-order chi connectivity index (χ1) is 13.7. The number of benzene rings is 3. The van der Waals surface area contributed by atoms with Gasteiger partial charge < -0.3 is 10.1 Å². The molecule has 0 saturated carbocycles. The number of ether oxygens (including phenoxy) is 1. The fourth-order valence-electron chi connectivity index (χ4n) is 3.31. The number of hydrogen-bond donors (Lipinski definition) is 2. The average molecular weight is 373 g/mol. The van der Waals surface area contributed by atoms with Crippen LogP contribution >= 0.6 is 0 Å². The number of hydrogen-bond acceptors (Lipinski definition) is 4. The second-order valence-electron chi connectivity index (χ2n) is 6.54. The lowest BCUT2D eigenvalue weighted by molar-refractivity contribution is -0.116. The molecule has 28 heavy (non-hydrogen) atoms. The molecule has 140 valence electrons. The van der Waals surface area contributed by atoms with Crippen molar-refractivity contribution in [1.29, 1.82) is 0 Å². The number of nitrogens with one attached hydrogen (secondary N) is 2. The van der Waals surface area contributed by atoms with Crippen molar-refractivity contribution in [2.24, 2.45) is 0 Å². The van der Waals surface area contributed by atoms with Gasteiger partial charge >= 0.3 is 5.97 Å². The Hall–Kier alpha value is -3.67. The van der Waals surface area contributed by atoms with Crippen LogP contribution in [0.1, 0.15) is 22.3 Å². The smallest absolute Gasteiger partial charge is 0.339 e. The first kappa shape index (κ1) is 17.7. The summed E-state index contributed by atoms with van der Waals surface area (Å²) in [6, 6.07) is 17.1. The summed E-state index contributed by atoms with van der Waals surface area (Å²) in [6.45, 7) is 0. The molecular weight excluding hydrogens is 354 g/mol. The third-order valence-electron chi connectivity index (χ3n) is 4.75. The van der Waals surface area contributed by atoms with Crippen molar-refractivity contribution in [2.45, 2.75) is 12.8 Å². The number of nitrogens with zero attached hydrogens (tertiary/aromatic N) is 1. The van der Waals surface area contributed by atoms with E-state index in [4.69, 9.17) is 4.74 Å². The zero-order valence-electron chi connectivity index (χ0n) is 15.4. The first-order valence-corrected chi connectivity index (χ1v) is 8.97. The van der Waals surface area contributed by atoms with E-state index < -0.39 is 5.97 Å². The van der Waals surface area contributed by atoms with Crippen molar-refractivity contribution in [1.82, 2.24) is 10.2 Å². The van der Waals surface area contributed by atoms with E-state index >= 15 is 0 Å². The van der Waals surface area contributed by atoms with Gasteiger partial charge in [0.15, 0.2) is 0 Å². The number of amides is 1. The Morgan fingerprint density at radius 2 is 1.93 bits per heavy atom. The number of carbonyl (C=O) groups excluding carboxylic acids is 2. The van der Waals surface area contributed by atoms with Crippen LogP contribution in [-0.2, 0) is 16.0 Å². The van der Waals surface area contributed by atoms with Crippen molar-refractivity contribution >= 4 is 39.2 Å². The molecular formula is C22H19N3O3. The van der Waals surface area contributed by atoms with E-state index in [1.54, 1.807) is 24.3 Å². The number of fused-ring (bicyclic) bond motifs is 3. The molecule has 0 aliphatic rings. The number of rotatable bonds is 5. The minimum Gasteiger partial charge on any atom is -0.465 e. The minimum absolute atomic E-state index is 0.151. The van der Waals surface area contributed by atoms with Gasteiger partial charge in [-0.05, 0) is 41.0 Å². The summed E-state index contributed by atoms with van der Waals surface area (Å²) in [4.78, 5) is 24.2. The van der Waals surface area contributed by atoms with E-state index in [1.165, 1.54) is 7.11 Å². The molecule has 6 nitrogen and oxygen atoms in total. The van der Waals surface area contributed by atoms with Crippen molar-refractivity contribution in [3.8, 4) is 0 Å². The van der Waals surface area contributed by atoms with E-state index in [9.17, 15) is 9.59 Å². The molecule has 0 radical (unpaired) electrons. The molecule has 0 bridgehead atoms. The van der Waals surface area contributed by atoms with Crippen molar-refractivity contribution < 1.29 is 14.3 Å². The molecule has 4 rings (SSSR count). The highest BCUT2D eigenvalue weighted by Gasteiger charge is 2.13. The zero-order chi connectivity index (χ0) is 19.5. The van der Waals surface area contributed by atoms with E-state index in [0.717, 1.165) is 27.2 Å². The SMILES string of the molecule is COC(=O)c1ccccc1NC(=O)CCc1ccc2c(ccc3[nH]ncc32)c1. The predicted molar refractivity (Wildman–Crippen MR) is 108 cm³/mol. The Kier molecular flexibility index (Phi) is 4.76. The van der Waals surface area contributed by atoms with Crippen LogP contribution in [-0.4, -0.2) is 29.2 Å². The molecule has 0 atom stereocenters. The number of H-pyrrole nitrogens is 1. The van der Waals surface area contributed by atoms with Gasteiger partial charge in [0, 0.05) is 11.8 Å². The highest BCUT2D eigenvalue weighted by Crippen LogP contribution is 2.25. The third-order valence-corrected chi connectivity index (χ3v) is 4.75. The average Bonchev–Trinajstić information content (AvgIpc) is 3.21. The molecule has 1 heterocycles. The molecule has 0 aliphatic heterocycles. The highest BCUT2D eigenvalue weighted by molar-refractivity contribution is 6.06. The molecule has 6 heteroatoms. The first-order valence-electron chi connectivity index (χ1n) is 8.97. The summed E-state index contributed by atoms with van der Waals surface area (Å²) in [5, 5.41) is 13.2. The molecule has 0 spiro atoms. The van der Waals surface area contributed by atoms with Crippen LogP contribution in [0.3, 0.4) is 0 Å². The molecule has 0 aliphatic carbocycles. The predicted octanol–water partition coefficient (Wildman–Crippen LogP) is 4.07. The normalized spacial score (nSPS) is 10.9. The van der Waals surface area contributed by atoms with Crippen LogP contribution in [0.5, 0.6) is 0 Å². The van der Waals surface area contributed by atoms with Crippen molar-refractivity contribution in [3.05, 3.63) is 71.9 Å². The van der Waals surface area contributed by atoms with Gasteiger partial charge in [-0.3, -0.25) is 9.89 Å². The molecule has 0 saturated heterocycles. The van der Waals surface area contributed by atoms with Gasteiger partial charge in [0.2, 0.25) is 5.91 Å². The van der Waals surface area contributed by atoms with Crippen molar-refractivity contribution in [3.63, 3.8) is 0 Å². The molecule has 3 aromatic carbocycles. The summed E-state index contributed by atoms with van der Waals surface area (Å²) >= 11 is 0. The molecule has 4 aromatic rings. The quantitative estimate of drug-likeness (QED) is 0.517. The van der Waals surface area contributed by atoms with Crippen LogP contribution in [0.15, 0.2) is 60.8 Å². The zero-order valence-corrected chi connectivity index (χ0v) is 15.4. The van der Waals surface area contributed by atoms with Crippen LogP contribution in [0.4, 0.5) is 5.69 Å². The molecule has 1 aromatic heterocycles. The molecule has 2 N–H and O–H groups in total. The Morgan fingerprint density at radius 1 is 1.07 bits per heavy atom. The maximum atomic E-state index is 12.4. The van der Waals surface area contributed by atoms with Crippen LogP contribution in [0.2, 0.25) is 0 Å². The van der Waals surface area contributed by atoms with E-state index in [0.29, 0.717) is 24.1 Å². The maximum Gasteiger partial charge on any atom is 0.339 e. The number of aromatic nitrogens is 2.